The van der Waals surface area contributed by atoms with Crippen LogP contribution in [-0.2, 0) is 6.42 Å². The van der Waals surface area contributed by atoms with Gasteiger partial charge in [-0.15, -0.1) is 0 Å². The maximum absolute atomic E-state index is 5.24. The van der Waals surface area contributed by atoms with E-state index in [2.05, 4.69) is 58.2 Å². The van der Waals surface area contributed by atoms with Crippen molar-refractivity contribution in [3.05, 3.63) is 114 Å². The molecule has 0 saturated heterocycles. The molecule has 6 rings (SSSR count). The zero-order valence-electron chi connectivity index (χ0n) is 16.8. The van der Waals surface area contributed by atoms with Gasteiger partial charge in [-0.25, -0.2) is 0 Å². The highest BCUT2D eigenvalue weighted by Gasteiger charge is 2.02. The maximum atomic E-state index is 5.24. The van der Waals surface area contributed by atoms with Crippen LogP contribution in [-0.4, -0.2) is 6.21 Å². The number of para-hydroxylation sites is 3. The van der Waals surface area contributed by atoms with Crippen molar-refractivity contribution in [2.45, 2.75) is 16.2 Å². The van der Waals surface area contributed by atoms with E-state index in [-0.39, 0.29) is 0 Å². The number of hydrogen-bond acceptors (Lipinski definition) is 5. The van der Waals surface area contributed by atoms with Crippen molar-refractivity contribution in [3.63, 3.8) is 0 Å². The van der Waals surface area contributed by atoms with Crippen LogP contribution >= 0.6 is 23.5 Å². The van der Waals surface area contributed by atoms with Gasteiger partial charge in [-0.2, -0.15) is 0 Å². The molecule has 0 aliphatic carbocycles. The second-order valence-electron chi connectivity index (χ2n) is 6.55. The largest absolute Gasteiger partial charge is 0.463 e. The van der Waals surface area contributed by atoms with Crippen molar-refractivity contribution in [3.8, 4) is 5.75 Å². The topological polar surface area (TPSA) is 33.6 Å². The number of aliphatic imine (C=N–C) groups is 1. The molecule has 154 valence electrons. The Morgan fingerprint density at radius 1 is 0.806 bits per heavy atom. The van der Waals surface area contributed by atoms with Gasteiger partial charge in [0.25, 0.3) is 0 Å². The zero-order valence-corrected chi connectivity index (χ0v) is 18.5. The van der Waals surface area contributed by atoms with Crippen LogP contribution in [0, 0.1) is 0 Å². The first kappa shape index (κ1) is 21.1. The summed E-state index contributed by atoms with van der Waals surface area (Å²) in [5.41, 5.74) is 3.53. The van der Waals surface area contributed by atoms with E-state index in [9.17, 15) is 0 Å². The molecule has 3 aromatic carbocycles. The quantitative estimate of drug-likeness (QED) is 0.385. The summed E-state index contributed by atoms with van der Waals surface area (Å²) in [6.07, 6.45) is 10.4. The fourth-order valence-corrected chi connectivity index (χ4v) is 4.43. The molecule has 3 heterocycles. The van der Waals surface area contributed by atoms with Gasteiger partial charge in [-0.3, -0.25) is 4.99 Å². The van der Waals surface area contributed by atoms with Crippen LogP contribution < -0.4 is 10.1 Å². The number of hydrogen-bond donors (Lipinski definition) is 1. The minimum Gasteiger partial charge on any atom is -0.463 e. The van der Waals surface area contributed by atoms with E-state index < -0.39 is 0 Å². The third kappa shape index (κ3) is 6.17. The number of allylic oxidation sites excluding steroid dienone is 2. The first-order valence-corrected chi connectivity index (χ1v) is 11.7. The Morgan fingerprint density at radius 2 is 1.58 bits per heavy atom. The van der Waals surface area contributed by atoms with Crippen molar-refractivity contribution in [2.75, 3.05) is 5.32 Å². The number of nitrogens with one attached hydrogen (secondary N) is 1. The molecule has 1 N–H and O–H groups in total. The highest BCUT2D eigenvalue weighted by Crippen LogP contribution is 2.31. The van der Waals surface area contributed by atoms with Crippen LogP contribution in [0.15, 0.2) is 123 Å². The lowest BCUT2D eigenvalue weighted by atomic mass is 10.1. The summed E-state index contributed by atoms with van der Waals surface area (Å²) in [7, 11) is 0. The smallest absolute Gasteiger partial charge is 0.152 e. The Labute approximate surface area is 191 Å². The third-order valence-electron chi connectivity index (χ3n) is 4.43. The van der Waals surface area contributed by atoms with Gasteiger partial charge in [0.15, 0.2) is 5.75 Å². The second kappa shape index (κ2) is 11.3. The predicted octanol–water partition coefficient (Wildman–Crippen LogP) is 7.82. The molecule has 0 unspecified atom stereocenters. The van der Waals surface area contributed by atoms with Crippen LogP contribution in [0.1, 0.15) is 5.56 Å². The Hall–Kier alpha value is -3.15. The predicted molar refractivity (Wildman–Crippen MR) is 135 cm³/mol. The van der Waals surface area contributed by atoms with E-state index in [0.29, 0.717) is 0 Å². The number of fused-ring (bicyclic) bond motifs is 3. The van der Waals surface area contributed by atoms with Crippen molar-refractivity contribution in [1.29, 1.82) is 0 Å². The fraction of sp³-hybridized carbons (Fsp3) is 0.0385. The molecule has 3 aliphatic rings. The summed E-state index contributed by atoms with van der Waals surface area (Å²) in [4.78, 5) is 6.85. The summed E-state index contributed by atoms with van der Waals surface area (Å²) in [6, 6.07) is 24.5. The van der Waals surface area contributed by atoms with Gasteiger partial charge in [0.2, 0.25) is 0 Å². The first-order valence-electron chi connectivity index (χ1n) is 9.92. The van der Waals surface area contributed by atoms with Crippen molar-refractivity contribution < 1.29 is 4.74 Å². The number of nitrogens with zero attached hydrogens (tertiary/aromatic N) is 1. The standard InChI is InChI=1S/C9H7NO.C9H8S.C8H7NS/c1-2-5-9-8(4-1)10-6-3-7-11-9;1-2-6-9-8(4-1)5-3-7-10-9;1-2-4-8-7(3-1)9-5-6-10-8/h1-7H;1-4,6-7H,5H2;1-6,9H. The van der Waals surface area contributed by atoms with Crippen molar-refractivity contribution >= 4 is 41.1 Å². The summed E-state index contributed by atoms with van der Waals surface area (Å²) in [5.74, 6) is 0.803. The van der Waals surface area contributed by atoms with E-state index >= 15 is 0 Å². The number of thioether (sulfide) groups is 2. The average Bonchev–Trinajstić information content (AvgIpc) is 3.11. The van der Waals surface area contributed by atoms with Gasteiger partial charge in [-0.1, -0.05) is 72.1 Å². The molecule has 0 atom stereocenters. The Morgan fingerprint density at radius 3 is 2.48 bits per heavy atom. The van der Waals surface area contributed by atoms with Gasteiger partial charge in [0.05, 0.1) is 11.9 Å². The summed E-state index contributed by atoms with van der Waals surface area (Å²) in [5, 5.41) is 7.36. The van der Waals surface area contributed by atoms with E-state index in [1.807, 2.05) is 59.8 Å². The molecule has 0 bridgehead atoms. The molecule has 31 heavy (non-hydrogen) atoms. The number of benzene rings is 3. The molecule has 3 nitrogen and oxygen atoms in total. The Kier molecular flexibility index (Phi) is 7.69. The molecule has 0 amide bonds. The minimum absolute atomic E-state index is 0.803. The number of rotatable bonds is 0. The monoisotopic (exact) mass is 442 g/mol. The first-order chi connectivity index (χ1) is 15.4. The highest BCUT2D eigenvalue weighted by atomic mass is 32.2. The van der Waals surface area contributed by atoms with E-state index in [4.69, 9.17) is 4.74 Å². The van der Waals surface area contributed by atoms with Crippen molar-refractivity contribution in [1.82, 2.24) is 0 Å². The third-order valence-corrected chi connectivity index (χ3v) is 6.29. The van der Waals surface area contributed by atoms with E-state index in [0.717, 1.165) is 17.9 Å². The number of anilines is 1. The van der Waals surface area contributed by atoms with Gasteiger partial charge in [0.1, 0.15) is 5.69 Å². The molecule has 0 saturated carbocycles. The highest BCUT2D eigenvalue weighted by molar-refractivity contribution is 8.02. The lowest BCUT2D eigenvalue weighted by Crippen LogP contribution is -1.91. The SMILES string of the molecule is C1=COc2ccccc2N=C1.C1=CSc2ccccc2C1.C1=CSc2ccccc2N1. The van der Waals surface area contributed by atoms with Gasteiger partial charge >= 0.3 is 0 Å². The molecule has 0 fully saturated rings. The Balaban J connectivity index is 0.000000112. The summed E-state index contributed by atoms with van der Waals surface area (Å²) >= 11 is 3.55. The van der Waals surface area contributed by atoms with Crippen LogP contribution in [0.2, 0.25) is 0 Å². The molecular formula is C26H22N2OS2. The van der Waals surface area contributed by atoms with Crippen LogP contribution in [0.25, 0.3) is 0 Å². The zero-order chi connectivity index (χ0) is 21.1. The van der Waals surface area contributed by atoms with Crippen LogP contribution in [0.5, 0.6) is 5.75 Å². The van der Waals surface area contributed by atoms with E-state index in [1.54, 1.807) is 30.3 Å². The molecule has 0 aromatic heterocycles. The number of ether oxygens (including phenoxy) is 1. The Bertz CT molecular complexity index is 1020. The lowest BCUT2D eigenvalue weighted by molar-refractivity contribution is 0.485. The summed E-state index contributed by atoms with van der Waals surface area (Å²) in [6.45, 7) is 0. The molecule has 3 aromatic rings. The molecule has 3 aliphatic heterocycles. The van der Waals surface area contributed by atoms with Crippen LogP contribution in [0.4, 0.5) is 11.4 Å². The molecular weight excluding hydrogens is 420 g/mol. The lowest BCUT2D eigenvalue weighted by Gasteiger charge is -2.10. The van der Waals surface area contributed by atoms with Gasteiger partial charge in [-0.05, 0) is 59.2 Å². The van der Waals surface area contributed by atoms with Crippen molar-refractivity contribution in [2.24, 2.45) is 4.99 Å². The molecule has 0 radical (unpaired) electrons. The normalized spacial score (nSPS) is 14.1. The fourth-order valence-electron chi connectivity index (χ4n) is 2.94. The second-order valence-corrected chi connectivity index (χ2v) is 8.45. The average molecular weight is 443 g/mol. The van der Waals surface area contributed by atoms with E-state index in [1.165, 1.54) is 21.0 Å². The molecule has 0 spiro atoms. The van der Waals surface area contributed by atoms with Crippen LogP contribution in [0.3, 0.4) is 0 Å². The molecule has 5 heteroatoms. The maximum Gasteiger partial charge on any atom is 0.152 e. The van der Waals surface area contributed by atoms with Gasteiger partial charge < -0.3 is 10.1 Å². The van der Waals surface area contributed by atoms with Gasteiger partial charge in [0, 0.05) is 22.2 Å². The minimum atomic E-state index is 0.803. The summed E-state index contributed by atoms with van der Waals surface area (Å²) < 4.78 is 5.24.